The molecule has 1 aliphatic carbocycles. The van der Waals surface area contributed by atoms with Crippen molar-refractivity contribution in [1.29, 1.82) is 0 Å². The van der Waals surface area contributed by atoms with Gasteiger partial charge in [-0.05, 0) is 12.8 Å². The van der Waals surface area contributed by atoms with E-state index in [0.717, 1.165) is 19.3 Å². The number of rotatable bonds is 4. The average molecular weight is 284 g/mol. The molecular weight excluding hydrogens is 260 g/mol. The summed E-state index contributed by atoms with van der Waals surface area (Å²) in [6.07, 6.45) is 3.47. The van der Waals surface area contributed by atoms with Crippen molar-refractivity contribution in [2.45, 2.75) is 58.4 Å². The van der Waals surface area contributed by atoms with Crippen LogP contribution in [0, 0.1) is 5.41 Å². The molecule has 1 saturated carbocycles. The second kappa shape index (κ2) is 6.24. The molecule has 1 fully saturated rings. The first-order valence-corrected chi connectivity index (χ1v) is 7.00. The molecule has 0 aromatic rings. The molecule has 0 aromatic heterocycles. The molecule has 0 aliphatic heterocycles. The van der Waals surface area contributed by atoms with Crippen LogP contribution in [0.2, 0.25) is 0 Å². The standard InChI is InChI=1S/C14H24N2O4/c1-13(2,3)11(18)15-9-10(17)16-14(12(19)20)7-5-4-6-8-14/h4-9H2,1-3H3,(H,15,18)(H,16,17)(H,19,20). The van der Waals surface area contributed by atoms with Crippen molar-refractivity contribution in [2.24, 2.45) is 5.41 Å². The van der Waals surface area contributed by atoms with Crippen LogP contribution in [0.25, 0.3) is 0 Å². The van der Waals surface area contributed by atoms with Gasteiger partial charge >= 0.3 is 5.97 Å². The third kappa shape index (κ3) is 4.21. The van der Waals surface area contributed by atoms with Crippen LogP contribution in [-0.2, 0) is 14.4 Å². The van der Waals surface area contributed by atoms with E-state index in [4.69, 9.17) is 0 Å². The SMILES string of the molecule is CC(C)(C)C(=O)NCC(=O)NC1(C(=O)O)CCCCC1. The number of hydrogen-bond donors (Lipinski definition) is 3. The Hall–Kier alpha value is -1.59. The molecule has 0 saturated heterocycles. The fraction of sp³-hybridized carbons (Fsp3) is 0.786. The Kier molecular flexibility index (Phi) is 5.14. The van der Waals surface area contributed by atoms with E-state index in [9.17, 15) is 19.5 Å². The predicted molar refractivity (Wildman–Crippen MR) is 74.1 cm³/mol. The highest BCUT2D eigenvalue weighted by atomic mass is 16.4. The van der Waals surface area contributed by atoms with Gasteiger partial charge in [-0.3, -0.25) is 9.59 Å². The Bertz CT molecular complexity index is 392. The van der Waals surface area contributed by atoms with E-state index < -0.39 is 22.8 Å². The number of carbonyl (C=O) groups is 3. The maximum Gasteiger partial charge on any atom is 0.329 e. The molecule has 3 N–H and O–H groups in total. The van der Waals surface area contributed by atoms with Crippen LogP contribution in [0.5, 0.6) is 0 Å². The highest BCUT2D eigenvalue weighted by Gasteiger charge is 2.40. The molecule has 20 heavy (non-hydrogen) atoms. The third-order valence-corrected chi connectivity index (χ3v) is 3.59. The molecule has 0 unspecified atom stereocenters. The Morgan fingerprint density at radius 1 is 1.10 bits per heavy atom. The lowest BCUT2D eigenvalue weighted by atomic mass is 9.81. The first kappa shape index (κ1) is 16.5. The minimum atomic E-state index is -1.16. The predicted octanol–water partition coefficient (Wildman–Crippen LogP) is 1.05. The molecule has 0 radical (unpaired) electrons. The molecule has 0 spiro atoms. The maximum atomic E-state index is 11.9. The van der Waals surface area contributed by atoms with Crippen molar-refractivity contribution in [3.8, 4) is 0 Å². The van der Waals surface area contributed by atoms with Crippen LogP contribution in [-0.4, -0.2) is 35.0 Å². The lowest BCUT2D eigenvalue weighted by molar-refractivity contribution is -0.149. The zero-order chi connectivity index (χ0) is 15.4. The van der Waals surface area contributed by atoms with Gasteiger partial charge in [0.15, 0.2) is 0 Å². The fourth-order valence-electron chi connectivity index (χ4n) is 2.28. The lowest BCUT2D eigenvalue weighted by Crippen LogP contribution is -2.57. The van der Waals surface area contributed by atoms with Gasteiger partial charge in [0.1, 0.15) is 5.54 Å². The molecule has 0 atom stereocenters. The summed E-state index contributed by atoms with van der Waals surface area (Å²) in [6.45, 7) is 5.06. The number of carbonyl (C=O) groups excluding carboxylic acids is 2. The number of hydrogen-bond acceptors (Lipinski definition) is 3. The van der Waals surface area contributed by atoms with Crippen molar-refractivity contribution >= 4 is 17.8 Å². The van der Waals surface area contributed by atoms with E-state index in [1.807, 2.05) is 0 Å². The Labute approximate surface area is 119 Å². The highest BCUT2D eigenvalue weighted by Crippen LogP contribution is 2.28. The normalized spacial score (nSPS) is 18.1. The lowest BCUT2D eigenvalue weighted by Gasteiger charge is -2.34. The molecule has 1 rings (SSSR count). The van der Waals surface area contributed by atoms with Gasteiger partial charge in [-0.1, -0.05) is 40.0 Å². The topological polar surface area (TPSA) is 95.5 Å². The first-order chi connectivity index (χ1) is 9.17. The van der Waals surface area contributed by atoms with Crippen molar-refractivity contribution in [3.63, 3.8) is 0 Å². The number of amides is 2. The Morgan fingerprint density at radius 3 is 2.10 bits per heavy atom. The summed E-state index contributed by atoms with van der Waals surface area (Å²) in [6, 6.07) is 0. The van der Waals surface area contributed by atoms with Gasteiger partial charge in [0.25, 0.3) is 0 Å². The van der Waals surface area contributed by atoms with Crippen molar-refractivity contribution in [1.82, 2.24) is 10.6 Å². The molecule has 0 heterocycles. The summed E-state index contributed by atoms with van der Waals surface area (Å²) >= 11 is 0. The van der Waals surface area contributed by atoms with E-state index in [-0.39, 0.29) is 12.5 Å². The number of carboxylic acids is 1. The van der Waals surface area contributed by atoms with Crippen LogP contribution in [0.3, 0.4) is 0 Å². The van der Waals surface area contributed by atoms with Gasteiger partial charge in [0.2, 0.25) is 11.8 Å². The van der Waals surface area contributed by atoms with Gasteiger partial charge in [0, 0.05) is 5.41 Å². The zero-order valence-corrected chi connectivity index (χ0v) is 12.4. The third-order valence-electron chi connectivity index (χ3n) is 3.59. The van der Waals surface area contributed by atoms with E-state index in [0.29, 0.717) is 12.8 Å². The summed E-state index contributed by atoms with van der Waals surface area (Å²) < 4.78 is 0. The first-order valence-electron chi connectivity index (χ1n) is 7.00. The summed E-state index contributed by atoms with van der Waals surface area (Å²) in [5.74, 6) is -1.68. The van der Waals surface area contributed by atoms with Crippen LogP contribution in [0.4, 0.5) is 0 Å². The summed E-state index contributed by atoms with van der Waals surface area (Å²) in [4.78, 5) is 34.9. The van der Waals surface area contributed by atoms with Crippen LogP contribution in [0.15, 0.2) is 0 Å². The molecule has 6 nitrogen and oxygen atoms in total. The highest BCUT2D eigenvalue weighted by molar-refractivity contribution is 5.91. The summed E-state index contributed by atoms with van der Waals surface area (Å²) in [7, 11) is 0. The Balaban J connectivity index is 2.55. The minimum absolute atomic E-state index is 0.189. The fourth-order valence-corrected chi connectivity index (χ4v) is 2.28. The number of aliphatic carboxylic acids is 1. The van der Waals surface area contributed by atoms with Crippen molar-refractivity contribution in [2.75, 3.05) is 6.54 Å². The van der Waals surface area contributed by atoms with E-state index in [1.165, 1.54) is 0 Å². The molecular formula is C14H24N2O4. The van der Waals surface area contributed by atoms with Gasteiger partial charge < -0.3 is 15.7 Å². The molecule has 0 bridgehead atoms. The van der Waals surface area contributed by atoms with Crippen molar-refractivity contribution < 1.29 is 19.5 Å². The number of carboxylic acid groups (broad SMARTS) is 1. The molecule has 1 aliphatic rings. The van der Waals surface area contributed by atoms with Crippen LogP contribution in [0.1, 0.15) is 52.9 Å². The van der Waals surface area contributed by atoms with Crippen LogP contribution < -0.4 is 10.6 Å². The molecule has 6 heteroatoms. The monoisotopic (exact) mass is 284 g/mol. The largest absolute Gasteiger partial charge is 0.480 e. The summed E-state index contributed by atoms with van der Waals surface area (Å²) in [5, 5.41) is 14.5. The molecule has 2 amide bonds. The van der Waals surface area contributed by atoms with Crippen LogP contribution >= 0.6 is 0 Å². The molecule has 114 valence electrons. The van der Waals surface area contributed by atoms with Gasteiger partial charge in [-0.15, -0.1) is 0 Å². The van der Waals surface area contributed by atoms with Gasteiger partial charge in [-0.2, -0.15) is 0 Å². The average Bonchev–Trinajstić information content (AvgIpc) is 2.35. The van der Waals surface area contributed by atoms with Crippen molar-refractivity contribution in [3.05, 3.63) is 0 Å². The second-order valence-electron chi connectivity index (χ2n) is 6.43. The van der Waals surface area contributed by atoms with E-state index in [2.05, 4.69) is 10.6 Å². The smallest absolute Gasteiger partial charge is 0.329 e. The van der Waals surface area contributed by atoms with Gasteiger partial charge in [-0.25, -0.2) is 4.79 Å². The molecule has 0 aromatic carbocycles. The quantitative estimate of drug-likeness (QED) is 0.719. The Morgan fingerprint density at radius 2 is 1.65 bits per heavy atom. The minimum Gasteiger partial charge on any atom is -0.480 e. The van der Waals surface area contributed by atoms with E-state index in [1.54, 1.807) is 20.8 Å². The second-order valence-corrected chi connectivity index (χ2v) is 6.43. The van der Waals surface area contributed by atoms with Gasteiger partial charge in [0.05, 0.1) is 6.54 Å². The maximum absolute atomic E-state index is 11.9. The van der Waals surface area contributed by atoms with E-state index >= 15 is 0 Å². The zero-order valence-electron chi connectivity index (χ0n) is 12.4. The number of nitrogens with one attached hydrogen (secondary N) is 2. The summed E-state index contributed by atoms with van der Waals surface area (Å²) in [5.41, 5.74) is -1.74.